The van der Waals surface area contributed by atoms with Gasteiger partial charge in [-0.1, -0.05) is 12.8 Å². The van der Waals surface area contributed by atoms with Gasteiger partial charge in [-0.15, -0.1) is 11.3 Å². The molecule has 2 N–H and O–H groups in total. The van der Waals surface area contributed by atoms with Crippen LogP contribution in [0.1, 0.15) is 42.7 Å². The minimum absolute atomic E-state index is 0.101. The van der Waals surface area contributed by atoms with Crippen molar-refractivity contribution in [3.8, 4) is 0 Å². The van der Waals surface area contributed by atoms with Crippen LogP contribution in [0.15, 0.2) is 0 Å². The lowest BCUT2D eigenvalue weighted by Gasteiger charge is -2.25. The molecule has 0 radical (unpaired) electrons. The van der Waals surface area contributed by atoms with E-state index in [1.807, 2.05) is 13.8 Å². The van der Waals surface area contributed by atoms with Gasteiger partial charge < -0.3 is 15.1 Å². The average molecular weight is 368 g/mol. The number of amides is 2. The van der Waals surface area contributed by atoms with E-state index in [1.165, 1.54) is 16.2 Å². The van der Waals surface area contributed by atoms with Crippen LogP contribution >= 0.6 is 11.3 Å². The molecule has 0 unspecified atom stereocenters. The highest BCUT2D eigenvalue weighted by molar-refractivity contribution is 7.15. The Labute approximate surface area is 154 Å². The third kappa shape index (κ3) is 6.08. The first kappa shape index (κ1) is 19.8. The van der Waals surface area contributed by atoms with Gasteiger partial charge in [0.05, 0.1) is 32.9 Å². The highest BCUT2D eigenvalue weighted by Crippen LogP contribution is 2.27. The molecule has 1 aliphatic carbocycles. The van der Waals surface area contributed by atoms with E-state index in [-0.39, 0.29) is 24.3 Å². The van der Waals surface area contributed by atoms with Gasteiger partial charge in [-0.3, -0.25) is 9.59 Å². The lowest BCUT2D eigenvalue weighted by Crippen LogP contribution is -3.05. The summed E-state index contributed by atoms with van der Waals surface area (Å²) in [7, 11) is 4.20. The van der Waals surface area contributed by atoms with Gasteiger partial charge in [-0.2, -0.15) is 0 Å². The zero-order valence-electron chi connectivity index (χ0n) is 15.9. The fraction of sp³-hybridized carbons (Fsp3) is 0.722. The normalized spacial score (nSPS) is 14.9. The van der Waals surface area contributed by atoms with E-state index in [0.717, 1.165) is 49.2 Å². The Morgan fingerprint density at radius 3 is 2.52 bits per heavy atom. The predicted molar refractivity (Wildman–Crippen MR) is 101 cm³/mol. The van der Waals surface area contributed by atoms with Gasteiger partial charge in [0, 0.05) is 23.8 Å². The largest absolute Gasteiger partial charge is 0.340 e. The first-order valence-corrected chi connectivity index (χ1v) is 10.00. The topological polar surface area (TPSA) is 66.7 Å². The van der Waals surface area contributed by atoms with Gasteiger partial charge in [0.2, 0.25) is 11.8 Å². The van der Waals surface area contributed by atoms with E-state index < -0.39 is 0 Å². The Morgan fingerprint density at radius 2 is 1.96 bits per heavy atom. The Bertz CT molecular complexity index is 574. The van der Waals surface area contributed by atoms with Gasteiger partial charge >= 0.3 is 0 Å². The van der Waals surface area contributed by atoms with Gasteiger partial charge in [0.25, 0.3) is 0 Å². The molecule has 1 aromatic heterocycles. The summed E-state index contributed by atoms with van der Waals surface area (Å²) in [6.45, 7) is 5.67. The van der Waals surface area contributed by atoms with Crippen LogP contribution in [-0.2, 0) is 9.59 Å². The molecule has 7 heteroatoms. The summed E-state index contributed by atoms with van der Waals surface area (Å²) in [4.78, 5) is 33.8. The van der Waals surface area contributed by atoms with Crippen molar-refractivity contribution in [3.05, 3.63) is 10.6 Å². The van der Waals surface area contributed by atoms with Crippen molar-refractivity contribution >= 4 is 28.3 Å². The summed E-state index contributed by atoms with van der Waals surface area (Å²) in [5.41, 5.74) is 0.938. The maximum atomic E-state index is 12.8. The lowest BCUT2D eigenvalue weighted by atomic mass is 10.1. The Kier molecular flexibility index (Phi) is 7.38. The second-order valence-electron chi connectivity index (χ2n) is 7.26. The van der Waals surface area contributed by atoms with Gasteiger partial charge in [-0.05, 0) is 26.7 Å². The fourth-order valence-corrected chi connectivity index (χ4v) is 4.01. The van der Waals surface area contributed by atoms with Crippen LogP contribution in [0.4, 0.5) is 5.13 Å². The van der Waals surface area contributed by atoms with Crippen LogP contribution < -0.4 is 10.2 Å². The molecule has 0 spiro atoms. The maximum Gasteiger partial charge on any atom is 0.245 e. The SMILES string of the molecule is Cc1nc(NC(=O)CN(CCC[NH+](C)C)C(=O)C2CCCC2)sc1C. The van der Waals surface area contributed by atoms with Crippen molar-refractivity contribution < 1.29 is 14.5 Å². The Hall–Kier alpha value is -1.47. The van der Waals surface area contributed by atoms with Crippen molar-refractivity contribution in [1.29, 1.82) is 0 Å². The number of hydrogen-bond acceptors (Lipinski definition) is 4. The third-order valence-electron chi connectivity index (χ3n) is 4.73. The van der Waals surface area contributed by atoms with Crippen LogP contribution in [0.2, 0.25) is 0 Å². The smallest absolute Gasteiger partial charge is 0.245 e. The zero-order valence-corrected chi connectivity index (χ0v) is 16.7. The second kappa shape index (κ2) is 9.29. The van der Waals surface area contributed by atoms with E-state index in [4.69, 9.17) is 0 Å². The summed E-state index contributed by atoms with van der Waals surface area (Å²) < 4.78 is 0. The molecule has 1 saturated carbocycles. The van der Waals surface area contributed by atoms with Crippen molar-refractivity contribution in [1.82, 2.24) is 9.88 Å². The molecule has 1 fully saturated rings. The van der Waals surface area contributed by atoms with Crippen molar-refractivity contribution in [2.24, 2.45) is 5.92 Å². The van der Waals surface area contributed by atoms with Crippen LogP contribution in [0.3, 0.4) is 0 Å². The fourth-order valence-electron chi connectivity index (χ4n) is 3.18. The zero-order chi connectivity index (χ0) is 18.4. The third-order valence-corrected chi connectivity index (χ3v) is 5.72. The molecule has 2 amide bonds. The minimum atomic E-state index is -0.155. The van der Waals surface area contributed by atoms with Crippen molar-refractivity contribution in [3.63, 3.8) is 0 Å². The van der Waals surface area contributed by atoms with E-state index >= 15 is 0 Å². The molecular weight excluding hydrogens is 336 g/mol. The minimum Gasteiger partial charge on any atom is -0.340 e. The number of carbonyl (C=O) groups is 2. The van der Waals surface area contributed by atoms with Crippen molar-refractivity contribution in [2.75, 3.05) is 39.0 Å². The molecule has 25 heavy (non-hydrogen) atoms. The van der Waals surface area contributed by atoms with Crippen LogP contribution in [0.5, 0.6) is 0 Å². The van der Waals surface area contributed by atoms with E-state index in [2.05, 4.69) is 24.4 Å². The predicted octanol–water partition coefficient (Wildman–Crippen LogP) is 1.25. The second-order valence-corrected chi connectivity index (χ2v) is 8.46. The number of nitrogens with one attached hydrogen (secondary N) is 2. The summed E-state index contributed by atoms with van der Waals surface area (Å²) >= 11 is 1.48. The maximum absolute atomic E-state index is 12.8. The number of aromatic nitrogens is 1. The molecule has 0 bridgehead atoms. The lowest BCUT2D eigenvalue weighted by molar-refractivity contribution is -0.858. The van der Waals surface area contributed by atoms with Crippen LogP contribution in [-0.4, -0.2) is 55.4 Å². The number of aryl methyl sites for hydroxylation is 2. The molecule has 1 heterocycles. The van der Waals surface area contributed by atoms with Gasteiger partial charge in [0.15, 0.2) is 5.13 Å². The van der Waals surface area contributed by atoms with Gasteiger partial charge in [0.1, 0.15) is 0 Å². The first-order valence-electron chi connectivity index (χ1n) is 9.18. The van der Waals surface area contributed by atoms with Gasteiger partial charge in [-0.25, -0.2) is 4.98 Å². The number of anilines is 1. The number of thiazole rings is 1. The molecule has 140 valence electrons. The molecular formula is C18H31N4O2S+. The highest BCUT2D eigenvalue weighted by atomic mass is 32.1. The molecule has 1 aliphatic rings. The van der Waals surface area contributed by atoms with E-state index in [0.29, 0.717) is 11.7 Å². The van der Waals surface area contributed by atoms with Crippen LogP contribution in [0, 0.1) is 19.8 Å². The van der Waals surface area contributed by atoms with Crippen LogP contribution in [0.25, 0.3) is 0 Å². The first-order chi connectivity index (χ1) is 11.9. The summed E-state index contributed by atoms with van der Waals surface area (Å²) in [6, 6.07) is 0. The number of nitrogens with zero attached hydrogens (tertiary/aromatic N) is 2. The van der Waals surface area contributed by atoms with E-state index in [1.54, 1.807) is 4.90 Å². The highest BCUT2D eigenvalue weighted by Gasteiger charge is 2.28. The molecule has 0 aromatic carbocycles. The molecule has 0 aliphatic heterocycles. The number of rotatable bonds is 8. The molecule has 0 atom stereocenters. The molecule has 6 nitrogen and oxygen atoms in total. The number of hydrogen-bond donors (Lipinski definition) is 2. The molecule has 2 rings (SSSR count). The summed E-state index contributed by atoms with van der Waals surface area (Å²) in [5, 5.41) is 3.46. The summed E-state index contributed by atoms with van der Waals surface area (Å²) in [6.07, 6.45) is 5.07. The monoisotopic (exact) mass is 367 g/mol. The summed E-state index contributed by atoms with van der Waals surface area (Å²) in [5.74, 6) is 0.0917. The average Bonchev–Trinajstić information content (AvgIpc) is 3.16. The van der Waals surface area contributed by atoms with E-state index in [9.17, 15) is 9.59 Å². The Balaban J connectivity index is 1.95. The molecule has 0 saturated heterocycles. The van der Waals surface area contributed by atoms with Crippen molar-refractivity contribution in [2.45, 2.75) is 46.0 Å². The molecule has 1 aromatic rings. The number of quaternary nitrogens is 1. The number of carbonyl (C=O) groups excluding carboxylic acids is 2. The standard InChI is InChI=1S/C18H30N4O2S/c1-13-14(2)25-18(19-13)20-16(23)12-22(11-7-10-21(3)4)17(24)15-8-5-6-9-15/h15H,5-12H2,1-4H3,(H,19,20,23)/p+1. The Morgan fingerprint density at radius 1 is 1.28 bits per heavy atom. The quantitative estimate of drug-likeness (QED) is 0.727.